The van der Waals surface area contributed by atoms with Crippen LogP contribution in [-0.2, 0) is 4.79 Å². The number of methoxy groups -OCH3 is 1. The molecule has 0 aliphatic carbocycles. The second-order valence-corrected chi connectivity index (χ2v) is 4.95. The average molecular weight is 308 g/mol. The van der Waals surface area contributed by atoms with Gasteiger partial charge in [0.05, 0.1) is 7.11 Å². The summed E-state index contributed by atoms with van der Waals surface area (Å²) in [6.07, 6.45) is 0. The third-order valence-corrected chi connectivity index (χ3v) is 3.37. The van der Waals surface area contributed by atoms with Crippen molar-refractivity contribution >= 4 is 16.7 Å². The predicted octanol–water partition coefficient (Wildman–Crippen LogP) is 3.83. The molecule has 0 bridgehead atoms. The van der Waals surface area contributed by atoms with Gasteiger partial charge in [0.25, 0.3) is 0 Å². The lowest BCUT2D eigenvalue weighted by Gasteiger charge is -2.08. The molecule has 0 spiro atoms. The molecule has 3 aromatic rings. The van der Waals surface area contributed by atoms with Crippen molar-refractivity contribution in [3.8, 4) is 17.2 Å². The molecule has 0 fully saturated rings. The Labute approximate surface area is 134 Å². The molecule has 0 heterocycles. The van der Waals surface area contributed by atoms with Crippen LogP contribution < -0.4 is 14.2 Å². The van der Waals surface area contributed by atoms with Gasteiger partial charge in [-0.25, -0.2) is 4.79 Å². The van der Waals surface area contributed by atoms with Crippen molar-refractivity contribution in [3.05, 3.63) is 66.7 Å². The number of carbonyl (C=O) groups excluding carboxylic acids is 1. The summed E-state index contributed by atoms with van der Waals surface area (Å²) in [5.41, 5.74) is 0. The first-order chi connectivity index (χ1) is 11.2. The van der Waals surface area contributed by atoms with Gasteiger partial charge in [-0.15, -0.1) is 0 Å². The van der Waals surface area contributed by atoms with Gasteiger partial charge in [0.1, 0.15) is 17.2 Å². The molecule has 0 saturated heterocycles. The van der Waals surface area contributed by atoms with Gasteiger partial charge in [0, 0.05) is 0 Å². The van der Waals surface area contributed by atoms with Crippen LogP contribution in [0, 0.1) is 0 Å². The fourth-order valence-electron chi connectivity index (χ4n) is 2.20. The van der Waals surface area contributed by atoms with E-state index in [2.05, 4.69) is 0 Å². The zero-order chi connectivity index (χ0) is 16.1. The summed E-state index contributed by atoms with van der Waals surface area (Å²) >= 11 is 0. The third kappa shape index (κ3) is 3.80. The number of carbonyl (C=O) groups is 1. The largest absolute Gasteiger partial charge is 0.497 e. The standard InChI is InChI=1S/C19H16O4/c1-21-16-8-10-17(11-9-16)23-19(20)13-22-18-7-6-14-4-2-3-5-15(14)12-18/h2-12H,13H2,1H3. The topological polar surface area (TPSA) is 44.8 Å². The van der Waals surface area contributed by atoms with Crippen LogP contribution in [-0.4, -0.2) is 19.7 Å². The van der Waals surface area contributed by atoms with E-state index < -0.39 is 5.97 Å². The molecule has 0 aromatic heterocycles. The molecular formula is C19H16O4. The van der Waals surface area contributed by atoms with Crippen molar-refractivity contribution < 1.29 is 19.0 Å². The number of esters is 1. The molecule has 23 heavy (non-hydrogen) atoms. The normalized spacial score (nSPS) is 10.3. The van der Waals surface area contributed by atoms with Gasteiger partial charge in [-0.2, -0.15) is 0 Å². The quantitative estimate of drug-likeness (QED) is 0.531. The van der Waals surface area contributed by atoms with Crippen LogP contribution in [0.1, 0.15) is 0 Å². The van der Waals surface area contributed by atoms with Crippen molar-refractivity contribution in [2.75, 3.05) is 13.7 Å². The zero-order valence-electron chi connectivity index (χ0n) is 12.7. The van der Waals surface area contributed by atoms with E-state index in [0.29, 0.717) is 17.2 Å². The molecule has 0 radical (unpaired) electrons. The molecule has 0 aliphatic heterocycles. The van der Waals surface area contributed by atoms with Gasteiger partial charge >= 0.3 is 5.97 Å². The number of benzene rings is 3. The Morgan fingerprint density at radius 1 is 0.826 bits per heavy atom. The fourth-order valence-corrected chi connectivity index (χ4v) is 2.20. The van der Waals surface area contributed by atoms with Crippen molar-refractivity contribution in [1.82, 2.24) is 0 Å². The minimum Gasteiger partial charge on any atom is -0.497 e. The summed E-state index contributed by atoms with van der Waals surface area (Å²) in [6, 6.07) is 20.5. The highest BCUT2D eigenvalue weighted by Gasteiger charge is 2.07. The maximum Gasteiger partial charge on any atom is 0.349 e. The Morgan fingerprint density at radius 3 is 2.22 bits per heavy atom. The molecule has 3 rings (SSSR count). The second kappa shape index (κ2) is 6.83. The molecule has 4 heteroatoms. The number of rotatable bonds is 5. The molecule has 0 saturated carbocycles. The van der Waals surface area contributed by atoms with Crippen molar-refractivity contribution in [1.29, 1.82) is 0 Å². The first-order valence-electron chi connectivity index (χ1n) is 7.21. The van der Waals surface area contributed by atoms with Crippen molar-refractivity contribution in [2.24, 2.45) is 0 Å². The van der Waals surface area contributed by atoms with Crippen molar-refractivity contribution in [3.63, 3.8) is 0 Å². The lowest BCUT2D eigenvalue weighted by Crippen LogP contribution is -2.17. The van der Waals surface area contributed by atoms with E-state index in [0.717, 1.165) is 10.8 Å². The maximum atomic E-state index is 11.8. The van der Waals surface area contributed by atoms with Gasteiger partial charge in [0.2, 0.25) is 0 Å². The SMILES string of the molecule is COc1ccc(OC(=O)COc2ccc3ccccc3c2)cc1. The molecule has 3 aromatic carbocycles. The van der Waals surface area contributed by atoms with E-state index >= 15 is 0 Å². The van der Waals surface area contributed by atoms with Gasteiger partial charge < -0.3 is 14.2 Å². The minimum absolute atomic E-state index is 0.148. The van der Waals surface area contributed by atoms with E-state index in [9.17, 15) is 4.79 Å². The summed E-state index contributed by atoms with van der Waals surface area (Å²) < 4.78 is 15.7. The number of hydrogen-bond donors (Lipinski definition) is 0. The highest BCUT2D eigenvalue weighted by molar-refractivity contribution is 5.83. The van der Waals surface area contributed by atoms with E-state index in [-0.39, 0.29) is 6.61 Å². The molecule has 0 atom stereocenters. The van der Waals surface area contributed by atoms with E-state index in [4.69, 9.17) is 14.2 Å². The van der Waals surface area contributed by atoms with Crippen LogP contribution in [0.25, 0.3) is 10.8 Å². The third-order valence-electron chi connectivity index (χ3n) is 3.37. The first-order valence-corrected chi connectivity index (χ1v) is 7.21. The Hall–Kier alpha value is -3.01. The van der Waals surface area contributed by atoms with Gasteiger partial charge in [-0.05, 0) is 47.2 Å². The van der Waals surface area contributed by atoms with Crippen LogP contribution in [0.3, 0.4) is 0 Å². The summed E-state index contributed by atoms with van der Waals surface area (Å²) in [5, 5.41) is 2.19. The Morgan fingerprint density at radius 2 is 1.48 bits per heavy atom. The van der Waals surface area contributed by atoms with E-state index in [1.807, 2.05) is 42.5 Å². The smallest absolute Gasteiger partial charge is 0.349 e. The minimum atomic E-state index is -0.455. The molecule has 4 nitrogen and oxygen atoms in total. The highest BCUT2D eigenvalue weighted by Crippen LogP contribution is 2.21. The Balaban J connectivity index is 1.58. The van der Waals surface area contributed by atoms with Crippen molar-refractivity contribution in [2.45, 2.75) is 0 Å². The second-order valence-electron chi connectivity index (χ2n) is 4.95. The van der Waals surface area contributed by atoms with Crippen LogP contribution in [0.2, 0.25) is 0 Å². The summed E-state index contributed by atoms with van der Waals surface area (Å²) in [4.78, 5) is 11.8. The Kier molecular flexibility index (Phi) is 4.43. The van der Waals surface area contributed by atoms with Crippen LogP contribution in [0.4, 0.5) is 0 Å². The van der Waals surface area contributed by atoms with Crippen LogP contribution >= 0.6 is 0 Å². The lowest BCUT2D eigenvalue weighted by atomic mass is 10.1. The zero-order valence-corrected chi connectivity index (χ0v) is 12.7. The number of hydrogen-bond acceptors (Lipinski definition) is 4. The molecule has 116 valence electrons. The predicted molar refractivity (Wildman–Crippen MR) is 88.1 cm³/mol. The van der Waals surface area contributed by atoms with Gasteiger partial charge in [0.15, 0.2) is 6.61 Å². The average Bonchev–Trinajstić information content (AvgIpc) is 2.60. The molecule has 0 amide bonds. The summed E-state index contributed by atoms with van der Waals surface area (Å²) in [5.74, 6) is 1.34. The van der Waals surface area contributed by atoms with E-state index in [1.54, 1.807) is 31.4 Å². The molecular weight excluding hydrogens is 292 g/mol. The summed E-state index contributed by atoms with van der Waals surface area (Å²) in [6.45, 7) is -0.148. The van der Waals surface area contributed by atoms with Gasteiger partial charge in [-0.3, -0.25) is 0 Å². The molecule has 0 N–H and O–H groups in total. The lowest BCUT2D eigenvalue weighted by molar-refractivity contribution is -0.136. The fraction of sp³-hybridized carbons (Fsp3) is 0.105. The summed E-state index contributed by atoms with van der Waals surface area (Å²) in [7, 11) is 1.58. The molecule has 0 aliphatic rings. The van der Waals surface area contributed by atoms with Crippen LogP contribution in [0.5, 0.6) is 17.2 Å². The number of ether oxygens (including phenoxy) is 3. The monoisotopic (exact) mass is 308 g/mol. The van der Waals surface area contributed by atoms with E-state index in [1.165, 1.54) is 0 Å². The van der Waals surface area contributed by atoms with Crippen LogP contribution in [0.15, 0.2) is 66.7 Å². The Bertz CT molecular complexity index is 809. The first kappa shape index (κ1) is 14.9. The molecule has 0 unspecified atom stereocenters. The maximum absolute atomic E-state index is 11.8. The van der Waals surface area contributed by atoms with Gasteiger partial charge in [-0.1, -0.05) is 30.3 Å². The number of fused-ring (bicyclic) bond motifs is 1. The highest BCUT2D eigenvalue weighted by atomic mass is 16.6.